The van der Waals surface area contributed by atoms with Crippen LogP contribution in [0.15, 0.2) is 79.0 Å². The fourth-order valence-corrected chi connectivity index (χ4v) is 4.95. The van der Waals surface area contributed by atoms with Gasteiger partial charge in [0.1, 0.15) is 17.2 Å². The standard InChI is InChI=1S/C30H25NO2/c1-30(2,3)17-24-21-9-5-4-8-18(21)15-23-28-27-19(12-13-31-28)14-20(16-26(27)33-29(23)24)22-10-6-7-11-25(22)32/h4-16,32H,17H2,1-3H3. The minimum Gasteiger partial charge on any atom is -0.507 e. The van der Waals surface area contributed by atoms with E-state index in [2.05, 4.69) is 57.2 Å². The van der Waals surface area contributed by atoms with E-state index in [0.717, 1.165) is 51.1 Å². The minimum absolute atomic E-state index is 0.0959. The predicted molar refractivity (Wildman–Crippen MR) is 135 cm³/mol. The molecule has 33 heavy (non-hydrogen) atoms. The first kappa shape index (κ1) is 19.8. The highest BCUT2D eigenvalue weighted by molar-refractivity contribution is 6.07. The summed E-state index contributed by atoms with van der Waals surface area (Å²) in [5.74, 6) is 1.94. The van der Waals surface area contributed by atoms with E-state index in [4.69, 9.17) is 9.72 Å². The van der Waals surface area contributed by atoms with Gasteiger partial charge in [-0.1, -0.05) is 63.2 Å². The summed E-state index contributed by atoms with van der Waals surface area (Å²) in [5.41, 5.74) is 5.02. The monoisotopic (exact) mass is 431 g/mol. The second kappa shape index (κ2) is 7.08. The van der Waals surface area contributed by atoms with E-state index >= 15 is 0 Å². The van der Waals surface area contributed by atoms with Crippen molar-refractivity contribution in [2.24, 2.45) is 5.41 Å². The molecule has 0 bridgehead atoms. The molecule has 0 aliphatic carbocycles. The largest absolute Gasteiger partial charge is 0.507 e. The summed E-state index contributed by atoms with van der Waals surface area (Å²) in [6, 6.07) is 24.3. The van der Waals surface area contributed by atoms with Gasteiger partial charge in [-0.2, -0.15) is 0 Å². The third-order valence-electron chi connectivity index (χ3n) is 6.32. The molecule has 0 saturated carbocycles. The molecule has 0 radical (unpaired) electrons. The van der Waals surface area contributed by atoms with Gasteiger partial charge < -0.3 is 9.84 Å². The van der Waals surface area contributed by atoms with Crippen LogP contribution in [-0.4, -0.2) is 10.1 Å². The molecule has 5 aromatic rings. The number of aromatic hydroxyl groups is 1. The molecule has 4 aromatic carbocycles. The summed E-state index contributed by atoms with van der Waals surface area (Å²) in [6.07, 6.45) is 2.75. The molecule has 3 heteroatoms. The molecule has 3 nitrogen and oxygen atoms in total. The molecular formula is C30H25NO2. The van der Waals surface area contributed by atoms with Crippen LogP contribution in [0.3, 0.4) is 0 Å². The number of phenols is 1. The Kier molecular flexibility index (Phi) is 4.25. The second-order valence-corrected chi connectivity index (χ2v) is 10.0. The highest BCUT2D eigenvalue weighted by Gasteiger charge is 2.28. The Labute approximate surface area is 193 Å². The molecule has 6 rings (SSSR count). The van der Waals surface area contributed by atoms with Crippen LogP contribution >= 0.6 is 0 Å². The highest BCUT2D eigenvalue weighted by Crippen LogP contribution is 2.51. The van der Waals surface area contributed by atoms with Gasteiger partial charge in [-0.15, -0.1) is 0 Å². The third kappa shape index (κ3) is 3.23. The first-order valence-corrected chi connectivity index (χ1v) is 11.3. The fraction of sp³-hybridized carbons (Fsp3) is 0.167. The van der Waals surface area contributed by atoms with Gasteiger partial charge in [0.05, 0.1) is 11.1 Å². The smallest absolute Gasteiger partial charge is 0.140 e. The van der Waals surface area contributed by atoms with Gasteiger partial charge in [-0.05, 0) is 63.9 Å². The van der Waals surface area contributed by atoms with Crippen LogP contribution in [0.1, 0.15) is 26.3 Å². The maximum absolute atomic E-state index is 10.5. The van der Waals surface area contributed by atoms with Crippen LogP contribution in [0, 0.1) is 5.41 Å². The van der Waals surface area contributed by atoms with E-state index in [1.807, 2.05) is 36.5 Å². The number of phenolic OH excluding ortho intramolecular Hbond substituents is 1. The molecule has 0 unspecified atom stereocenters. The minimum atomic E-state index is 0.0959. The molecule has 0 spiro atoms. The summed E-state index contributed by atoms with van der Waals surface area (Å²) < 4.78 is 6.72. The number of para-hydroxylation sites is 1. The quantitative estimate of drug-likeness (QED) is 0.301. The zero-order valence-corrected chi connectivity index (χ0v) is 19.0. The van der Waals surface area contributed by atoms with Crippen LogP contribution in [0.2, 0.25) is 0 Å². The zero-order valence-electron chi connectivity index (χ0n) is 19.0. The van der Waals surface area contributed by atoms with Gasteiger partial charge in [0.2, 0.25) is 0 Å². The number of nitrogens with zero attached hydrogens (tertiary/aromatic N) is 1. The maximum atomic E-state index is 10.5. The number of pyridine rings is 1. The van der Waals surface area contributed by atoms with E-state index in [1.165, 1.54) is 16.3 Å². The topological polar surface area (TPSA) is 42.4 Å². The second-order valence-electron chi connectivity index (χ2n) is 10.0. The maximum Gasteiger partial charge on any atom is 0.140 e. The van der Waals surface area contributed by atoms with Crippen molar-refractivity contribution in [2.75, 3.05) is 0 Å². The lowest BCUT2D eigenvalue weighted by atomic mass is 9.83. The summed E-state index contributed by atoms with van der Waals surface area (Å²) in [5, 5.41) is 14.9. The number of rotatable bonds is 2. The highest BCUT2D eigenvalue weighted by atomic mass is 16.5. The summed E-state index contributed by atoms with van der Waals surface area (Å²) in [7, 11) is 0. The molecule has 0 fully saturated rings. The van der Waals surface area contributed by atoms with Crippen molar-refractivity contribution in [3.63, 3.8) is 0 Å². The molecule has 1 aliphatic rings. The predicted octanol–water partition coefficient (Wildman–Crippen LogP) is 8.12. The van der Waals surface area contributed by atoms with Gasteiger partial charge in [0.15, 0.2) is 0 Å². The first-order valence-electron chi connectivity index (χ1n) is 11.3. The van der Waals surface area contributed by atoms with E-state index < -0.39 is 0 Å². The molecular weight excluding hydrogens is 406 g/mol. The van der Waals surface area contributed by atoms with Crippen molar-refractivity contribution in [1.82, 2.24) is 4.98 Å². The van der Waals surface area contributed by atoms with Crippen LogP contribution in [-0.2, 0) is 6.42 Å². The fourth-order valence-electron chi connectivity index (χ4n) is 4.95. The lowest BCUT2D eigenvalue weighted by Crippen LogP contribution is -2.12. The Morgan fingerprint density at radius 1 is 0.848 bits per heavy atom. The van der Waals surface area contributed by atoms with Crippen molar-refractivity contribution in [3.05, 3.63) is 84.6 Å². The summed E-state index contributed by atoms with van der Waals surface area (Å²) in [6.45, 7) is 6.77. The Balaban J connectivity index is 1.66. The lowest BCUT2D eigenvalue weighted by molar-refractivity contribution is 0.400. The third-order valence-corrected chi connectivity index (χ3v) is 6.32. The van der Waals surface area contributed by atoms with Gasteiger partial charge >= 0.3 is 0 Å². The average molecular weight is 432 g/mol. The molecule has 0 saturated heterocycles. The number of hydrogen-bond acceptors (Lipinski definition) is 3. The molecule has 0 amide bonds. The molecule has 2 heterocycles. The zero-order chi connectivity index (χ0) is 22.7. The van der Waals surface area contributed by atoms with E-state index in [-0.39, 0.29) is 11.2 Å². The van der Waals surface area contributed by atoms with Crippen molar-refractivity contribution in [2.45, 2.75) is 27.2 Å². The molecule has 162 valence electrons. The first-order chi connectivity index (χ1) is 15.9. The van der Waals surface area contributed by atoms with E-state index in [0.29, 0.717) is 0 Å². The molecule has 0 atom stereocenters. The van der Waals surface area contributed by atoms with E-state index in [1.54, 1.807) is 6.07 Å². The molecule has 1 N–H and O–H groups in total. The Morgan fingerprint density at radius 2 is 1.64 bits per heavy atom. The molecule has 1 aromatic heterocycles. The Morgan fingerprint density at radius 3 is 2.45 bits per heavy atom. The normalized spacial score (nSPS) is 12.6. The Hall–Kier alpha value is -3.85. The average Bonchev–Trinajstić information content (AvgIpc) is 2.79. The van der Waals surface area contributed by atoms with Crippen molar-refractivity contribution in [1.29, 1.82) is 0 Å². The van der Waals surface area contributed by atoms with Gasteiger partial charge in [0.25, 0.3) is 0 Å². The van der Waals surface area contributed by atoms with Gasteiger partial charge in [-0.25, -0.2) is 0 Å². The number of aromatic nitrogens is 1. The van der Waals surface area contributed by atoms with E-state index in [9.17, 15) is 5.11 Å². The number of hydrogen-bond donors (Lipinski definition) is 1. The van der Waals surface area contributed by atoms with Crippen LogP contribution < -0.4 is 4.74 Å². The van der Waals surface area contributed by atoms with Gasteiger partial charge in [-0.3, -0.25) is 4.98 Å². The number of benzene rings is 4. The van der Waals surface area contributed by atoms with Crippen LogP contribution in [0.25, 0.3) is 43.9 Å². The van der Waals surface area contributed by atoms with Crippen molar-refractivity contribution in [3.8, 4) is 39.6 Å². The van der Waals surface area contributed by atoms with Gasteiger partial charge in [0, 0.05) is 22.9 Å². The SMILES string of the molecule is CC(C)(C)Cc1c2c(cc3ccccc13)-c1nccc3cc(-c4ccccc4O)cc(c13)O2. The summed E-state index contributed by atoms with van der Waals surface area (Å²) in [4.78, 5) is 4.81. The molecule has 1 aliphatic heterocycles. The number of fused-ring (bicyclic) bond motifs is 3. The van der Waals surface area contributed by atoms with Crippen LogP contribution in [0.5, 0.6) is 17.2 Å². The lowest BCUT2D eigenvalue weighted by Gasteiger charge is -2.27. The van der Waals surface area contributed by atoms with Crippen molar-refractivity contribution >= 4 is 21.5 Å². The summed E-state index contributed by atoms with van der Waals surface area (Å²) >= 11 is 0. The number of ether oxygens (including phenoxy) is 1. The van der Waals surface area contributed by atoms with Crippen molar-refractivity contribution < 1.29 is 9.84 Å². The van der Waals surface area contributed by atoms with Crippen LogP contribution in [0.4, 0.5) is 0 Å². The Bertz CT molecular complexity index is 1560.